The number of carbonyl (C=O) groups excluding carboxylic acids is 1. The number of sulfonamides is 1. The second kappa shape index (κ2) is 12.1. The maximum atomic E-state index is 13.1. The molecule has 3 aromatic rings. The molecule has 33 heavy (non-hydrogen) atoms. The second-order valence-corrected chi connectivity index (χ2v) is 9.54. The van der Waals surface area contributed by atoms with Crippen LogP contribution in [-0.4, -0.2) is 20.9 Å². The molecule has 172 valence electrons. The highest BCUT2D eigenvalue weighted by Crippen LogP contribution is 2.21. The minimum Gasteiger partial charge on any atom is -0.322 e. The molecule has 0 unspecified atom stereocenters. The van der Waals surface area contributed by atoms with E-state index in [0.29, 0.717) is 17.8 Å². The SMILES string of the molecule is CCCCCCNS(=O)(=O)c1ccc(NC(=O)C(=Cc2ccccc2)c2ccccc2)cc1. The van der Waals surface area contributed by atoms with Gasteiger partial charge in [0.15, 0.2) is 0 Å². The van der Waals surface area contributed by atoms with Crippen molar-refractivity contribution in [1.29, 1.82) is 0 Å². The van der Waals surface area contributed by atoms with Gasteiger partial charge >= 0.3 is 0 Å². The summed E-state index contributed by atoms with van der Waals surface area (Å²) in [6, 6.07) is 25.3. The van der Waals surface area contributed by atoms with Crippen molar-refractivity contribution in [3.05, 3.63) is 96.1 Å². The van der Waals surface area contributed by atoms with Crippen molar-refractivity contribution in [2.24, 2.45) is 0 Å². The van der Waals surface area contributed by atoms with Crippen molar-refractivity contribution in [2.45, 2.75) is 37.5 Å². The number of rotatable bonds is 11. The topological polar surface area (TPSA) is 75.3 Å². The van der Waals surface area contributed by atoms with Crippen LogP contribution in [0.4, 0.5) is 5.69 Å². The molecule has 0 atom stereocenters. The second-order valence-electron chi connectivity index (χ2n) is 7.77. The van der Waals surface area contributed by atoms with Gasteiger partial charge in [0.05, 0.1) is 4.90 Å². The number of hydrogen-bond donors (Lipinski definition) is 2. The van der Waals surface area contributed by atoms with Crippen LogP contribution in [-0.2, 0) is 14.8 Å². The maximum absolute atomic E-state index is 13.1. The van der Waals surface area contributed by atoms with Gasteiger partial charge in [-0.25, -0.2) is 13.1 Å². The van der Waals surface area contributed by atoms with E-state index in [4.69, 9.17) is 0 Å². The van der Waals surface area contributed by atoms with Crippen LogP contribution in [0.5, 0.6) is 0 Å². The normalized spacial score (nSPS) is 11.8. The van der Waals surface area contributed by atoms with Gasteiger partial charge in [-0.15, -0.1) is 0 Å². The zero-order valence-electron chi connectivity index (χ0n) is 18.8. The fourth-order valence-corrected chi connectivity index (χ4v) is 4.45. The lowest BCUT2D eigenvalue weighted by Crippen LogP contribution is -2.24. The number of anilines is 1. The number of nitrogens with one attached hydrogen (secondary N) is 2. The van der Waals surface area contributed by atoms with E-state index in [1.807, 2.05) is 66.7 Å². The number of carbonyl (C=O) groups is 1. The van der Waals surface area contributed by atoms with Gasteiger partial charge in [-0.05, 0) is 47.9 Å². The van der Waals surface area contributed by atoms with Crippen molar-refractivity contribution in [1.82, 2.24) is 4.72 Å². The Morgan fingerprint density at radius 1 is 0.818 bits per heavy atom. The monoisotopic (exact) mass is 462 g/mol. The Morgan fingerprint density at radius 2 is 1.45 bits per heavy atom. The highest BCUT2D eigenvalue weighted by molar-refractivity contribution is 7.89. The predicted octanol–water partition coefficient (Wildman–Crippen LogP) is 5.72. The smallest absolute Gasteiger partial charge is 0.256 e. The van der Waals surface area contributed by atoms with E-state index in [2.05, 4.69) is 17.0 Å². The third-order valence-corrected chi connectivity index (χ3v) is 6.66. The molecule has 0 aliphatic carbocycles. The molecule has 3 aromatic carbocycles. The Labute approximate surface area is 196 Å². The molecule has 0 aromatic heterocycles. The van der Waals surface area contributed by atoms with Gasteiger partial charge in [-0.2, -0.15) is 0 Å². The third-order valence-electron chi connectivity index (χ3n) is 5.18. The average Bonchev–Trinajstić information content (AvgIpc) is 2.84. The lowest BCUT2D eigenvalue weighted by molar-refractivity contribution is -0.111. The van der Waals surface area contributed by atoms with Gasteiger partial charge in [-0.3, -0.25) is 4.79 Å². The van der Waals surface area contributed by atoms with Crippen LogP contribution >= 0.6 is 0 Å². The summed E-state index contributed by atoms with van der Waals surface area (Å²) in [6.45, 7) is 2.54. The van der Waals surface area contributed by atoms with E-state index in [1.54, 1.807) is 12.1 Å². The molecular weight excluding hydrogens is 432 g/mol. The summed E-state index contributed by atoms with van der Waals surface area (Å²) >= 11 is 0. The molecule has 0 saturated heterocycles. The largest absolute Gasteiger partial charge is 0.322 e. The molecular formula is C27H30N2O3S. The van der Waals surface area contributed by atoms with Crippen molar-refractivity contribution in [3.8, 4) is 0 Å². The number of amides is 1. The molecule has 0 saturated carbocycles. The molecule has 0 aliphatic heterocycles. The number of unbranched alkanes of at least 4 members (excludes halogenated alkanes) is 3. The van der Waals surface area contributed by atoms with Crippen molar-refractivity contribution in [3.63, 3.8) is 0 Å². The summed E-state index contributed by atoms with van der Waals surface area (Å²) in [7, 11) is -3.57. The lowest BCUT2D eigenvalue weighted by atomic mass is 10.0. The molecule has 3 rings (SSSR count). The maximum Gasteiger partial charge on any atom is 0.256 e. The summed E-state index contributed by atoms with van der Waals surface area (Å²) in [4.78, 5) is 13.3. The van der Waals surface area contributed by atoms with Crippen LogP contribution in [0.15, 0.2) is 89.8 Å². The molecule has 6 heteroatoms. The average molecular weight is 463 g/mol. The summed E-state index contributed by atoms with van der Waals surface area (Å²) in [6.07, 6.45) is 5.86. The third kappa shape index (κ3) is 7.41. The highest BCUT2D eigenvalue weighted by atomic mass is 32.2. The zero-order chi connectivity index (χ0) is 23.5. The minimum absolute atomic E-state index is 0.180. The fourth-order valence-electron chi connectivity index (χ4n) is 3.37. The van der Waals surface area contributed by atoms with Crippen molar-refractivity contribution >= 4 is 33.3 Å². The van der Waals surface area contributed by atoms with E-state index >= 15 is 0 Å². The Hall–Kier alpha value is -3.22. The zero-order valence-corrected chi connectivity index (χ0v) is 19.6. The first kappa shape index (κ1) is 24.4. The van der Waals surface area contributed by atoms with E-state index in [9.17, 15) is 13.2 Å². The minimum atomic E-state index is -3.57. The Bertz CT molecular complexity index is 1160. The molecule has 0 fully saturated rings. The van der Waals surface area contributed by atoms with Gasteiger partial charge in [0.2, 0.25) is 10.0 Å². The van der Waals surface area contributed by atoms with E-state index in [-0.39, 0.29) is 10.8 Å². The first-order chi connectivity index (χ1) is 16.0. The molecule has 2 N–H and O–H groups in total. The predicted molar refractivity (Wildman–Crippen MR) is 135 cm³/mol. The van der Waals surface area contributed by atoms with Crippen LogP contribution in [0.25, 0.3) is 11.6 Å². The number of hydrogen-bond acceptors (Lipinski definition) is 3. The quantitative estimate of drug-likeness (QED) is 0.217. The first-order valence-corrected chi connectivity index (χ1v) is 12.7. The molecule has 0 heterocycles. The summed E-state index contributed by atoms with van der Waals surface area (Å²) < 4.78 is 27.6. The van der Waals surface area contributed by atoms with Crippen LogP contribution in [0.2, 0.25) is 0 Å². The van der Waals surface area contributed by atoms with E-state index in [1.165, 1.54) is 12.1 Å². The van der Waals surface area contributed by atoms with Crippen LogP contribution < -0.4 is 10.0 Å². The van der Waals surface area contributed by atoms with Crippen molar-refractivity contribution < 1.29 is 13.2 Å². The Kier molecular flexibility index (Phi) is 8.98. The molecule has 0 spiro atoms. The molecule has 5 nitrogen and oxygen atoms in total. The fraction of sp³-hybridized carbons (Fsp3) is 0.222. The Morgan fingerprint density at radius 3 is 2.09 bits per heavy atom. The summed E-state index contributed by atoms with van der Waals surface area (Å²) in [5.74, 6) is -0.269. The Balaban J connectivity index is 1.72. The van der Waals surface area contributed by atoms with E-state index in [0.717, 1.165) is 36.8 Å². The van der Waals surface area contributed by atoms with Crippen molar-refractivity contribution in [2.75, 3.05) is 11.9 Å². The summed E-state index contributed by atoms with van der Waals surface area (Å²) in [5, 5.41) is 2.88. The molecule has 0 bridgehead atoms. The van der Waals surface area contributed by atoms with Gasteiger partial charge in [0, 0.05) is 17.8 Å². The number of benzene rings is 3. The molecule has 0 aliphatic rings. The lowest BCUT2D eigenvalue weighted by Gasteiger charge is -2.11. The van der Waals surface area contributed by atoms with Crippen LogP contribution in [0, 0.1) is 0 Å². The standard InChI is InChI=1S/C27H30N2O3S/c1-2-3-4-11-20-28-33(31,32)25-18-16-24(17-19-25)29-27(30)26(23-14-9-6-10-15-23)21-22-12-7-5-8-13-22/h5-10,12-19,21,28H,2-4,11,20H2,1H3,(H,29,30). The van der Waals surface area contributed by atoms with Gasteiger partial charge in [-0.1, -0.05) is 86.8 Å². The van der Waals surface area contributed by atoms with Crippen LogP contribution in [0.3, 0.4) is 0 Å². The van der Waals surface area contributed by atoms with Gasteiger partial charge in [0.25, 0.3) is 5.91 Å². The highest BCUT2D eigenvalue weighted by Gasteiger charge is 2.15. The van der Waals surface area contributed by atoms with Gasteiger partial charge in [0.1, 0.15) is 0 Å². The molecule has 1 amide bonds. The van der Waals surface area contributed by atoms with Gasteiger partial charge < -0.3 is 5.32 Å². The first-order valence-electron chi connectivity index (χ1n) is 11.2. The summed E-state index contributed by atoms with van der Waals surface area (Å²) in [5.41, 5.74) is 2.76. The molecule has 0 radical (unpaired) electrons. The van der Waals surface area contributed by atoms with E-state index < -0.39 is 10.0 Å². The van der Waals surface area contributed by atoms with Crippen LogP contribution in [0.1, 0.15) is 43.7 Å².